The van der Waals surface area contributed by atoms with Crippen LogP contribution < -0.4 is 0 Å². The van der Waals surface area contributed by atoms with Crippen LogP contribution in [0.4, 0.5) is 0 Å². The van der Waals surface area contributed by atoms with E-state index in [9.17, 15) is 4.79 Å². The monoisotopic (exact) mass is 315 g/mol. The number of fused-ring (bicyclic) bond motifs is 1. The lowest BCUT2D eigenvalue weighted by Crippen LogP contribution is -2.04. The smallest absolute Gasteiger partial charge is 0.167 e. The minimum atomic E-state index is 0.400. The summed E-state index contributed by atoms with van der Waals surface area (Å²) in [6, 6.07) is 7.93. The minimum absolute atomic E-state index is 0.400. The number of ether oxygens (including phenoxy) is 1. The molecule has 0 spiro atoms. The molecule has 4 heteroatoms. The first-order valence-corrected chi connectivity index (χ1v) is 5.58. The van der Waals surface area contributed by atoms with Crippen LogP contribution in [0.25, 0.3) is 10.9 Å². The summed E-state index contributed by atoms with van der Waals surface area (Å²) in [5.41, 5.74) is 1.71. The zero-order chi connectivity index (χ0) is 10.8. The molecule has 1 heterocycles. The van der Waals surface area contributed by atoms with E-state index in [1.807, 2.05) is 28.8 Å². The van der Waals surface area contributed by atoms with Gasteiger partial charge in [-0.15, -0.1) is 0 Å². The summed E-state index contributed by atoms with van der Waals surface area (Å²) >= 11 is 2.19. The minimum Gasteiger partial charge on any atom is -0.364 e. The van der Waals surface area contributed by atoms with Crippen molar-refractivity contribution in [1.29, 1.82) is 0 Å². The fourth-order valence-corrected chi connectivity index (χ4v) is 2.54. The summed E-state index contributed by atoms with van der Waals surface area (Å²) in [7, 11) is 1.62. The Labute approximate surface area is 101 Å². The Kier molecular flexibility index (Phi) is 3.06. The summed E-state index contributed by atoms with van der Waals surface area (Å²) in [5.74, 6) is 0. The summed E-state index contributed by atoms with van der Waals surface area (Å²) in [6.07, 6.45) is 0.876. The van der Waals surface area contributed by atoms with Gasteiger partial charge in [0, 0.05) is 16.1 Å². The molecule has 0 unspecified atom stereocenters. The summed E-state index contributed by atoms with van der Waals surface area (Å²) in [6.45, 7) is 0.400. The normalized spacial score (nSPS) is 10.8. The maximum atomic E-state index is 11.0. The van der Waals surface area contributed by atoms with Gasteiger partial charge in [-0.3, -0.25) is 4.79 Å². The Morgan fingerprint density at radius 2 is 2.20 bits per heavy atom. The third-order valence-electron chi connectivity index (χ3n) is 2.32. The van der Waals surface area contributed by atoms with Crippen LogP contribution in [0.2, 0.25) is 0 Å². The molecule has 0 bridgehead atoms. The number of carbonyl (C=O) groups is 1. The Morgan fingerprint density at radius 3 is 2.87 bits per heavy atom. The van der Waals surface area contributed by atoms with E-state index < -0.39 is 0 Å². The lowest BCUT2D eigenvalue weighted by atomic mass is 10.2. The van der Waals surface area contributed by atoms with Crippen molar-refractivity contribution in [3.05, 3.63) is 33.5 Å². The lowest BCUT2D eigenvalue weighted by molar-refractivity contribution is 0.107. The van der Waals surface area contributed by atoms with Crippen LogP contribution in [0.5, 0.6) is 0 Å². The average molecular weight is 315 g/mol. The molecule has 0 N–H and O–H groups in total. The molecule has 0 fully saturated rings. The van der Waals surface area contributed by atoms with E-state index in [-0.39, 0.29) is 0 Å². The molecular formula is C11H10INO2. The zero-order valence-corrected chi connectivity index (χ0v) is 10.4. The maximum absolute atomic E-state index is 11.0. The average Bonchev–Trinajstić information content (AvgIpc) is 2.54. The fraction of sp³-hybridized carbons (Fsp3) is 0.182. The van der Waals surface area contributed by atoms with Crippen LogP contribution >= 0.6 is 22.6 Å². The van der Waals surface area contributed by atoms with Gasteiger partial charge in [0.2, 0.25) is 0 Å². The number of methoxy groups -OCH3 is 1. The second-order valence-electron chi connectivity index (χ2n) is 3.18. The highest BCUT2D eigenvalue weighted by atomic mass is 127. The third kappa shape index (κ3) is 1.68. The molecule has 0 aliphatic heterocycles. The molecule has 0 atom stereocenters. The van der Waals surface area contributed by atoms with Crippen LogP contribution in [0, 0.1) is 3.57 Å². The number of nitrogens with zero attached hydrogens (tertiary/aromatic N) is 1. The highest BCUT2D eigenvalue weighted by molar-refractivity contribution is 14.1. The van der Waals surface area contributed by atoms with E-state index in [2.05, 4.69) is 22.6 Å². The highest BCUT2D eigenvalue weighted by Gasteiger charge is 2.13. The van der Waals surface area contributed by atoms with E-state index in [0.29, 0.717) is 12.4 Å². The lowest BCUT2D eigenvalue weighted by Gasteiger charge is -2.04. The van der Waals surface area contributed by atoms with Gasteiger partial charge in [0.05, 0.1) is 11.2 Å². The second-order valence-corrected chi connectivity index (χ2v) is 4.26. The van der Waals surface area contributed by atoms with Gasteiger partial charge in [-0.05, 0) is 28.7 Å². The van der Waals surface area contributed by atoms with Crippen LogP contribution in [-0.4, -0.2) is 18.0 Å². The molecule has 2 rings (SSSR count). The Bertz CT molecular complexity index is 505. The number of halogens is 1. The number of hydrogen-bond acceptors (Lipinski definition) is 2. The molecule has 15 heavy (non-hydrogen) atoms. The van der Waals surface area contributed by atoms with E-state index in [1.165, 1.54) is 0 Å². The predicted octanol–water partition coefficient (Wildman–Crippen LogP) is 2.66. The maximum Gasteiger partial charge on any atom is 0.167 e. The standard InChI is InChI=1S/C11H10INO2/c1-15-7-13-9-5-3-2-4-8(9)11(12)10(13)6-14/h2-6H,7H2,1H3. The predicted molar refractivity (Wildman–Crippen MR) is 67.1 cm³/mol. The van der Waals surface area contributed by atoms with Gasteiger partial charge in [0.25, 0.3) is 0 Å². The molecule has 0 radical (unpaired) electrons. The summed E-state index contributed by atoms with van der Waals surface area (Å²) in [5, 5.41) is 1.09. The molecule has 0 aliphatic carbocycles. The number of aldehydes is 1. The van der Waals surface area contributed by atoms with Gasteiger partial charge >= 0.3 is 0 Å². The molecule has 0 amide bonds. The molecule has 1 aromatic carbocycles. The first-order chi connectivity index (χ1) is 7.29. The van der Waals surface area contributed by atoms with Crippen LogP contribution in [0.3, 0.4) is 0 Å². The Morgan fingerprint density at radius 1 is 1.47 bits per heavy atom. The molecule has 1 aromatic heterocycles. The van der Waals surface area contributed by atoms with Gasteiger partial charge in [-0.25, -0.2) is 0 Å². The van der Waals surface area contributed by atoms with Gasteiger partial charge in [-0.2, -0.15) is 0 Å². The Hall–Kier alpha value is -0.880. The van der Waals surface area contributed by atoms with Crippen molar-refractivity contribution in [3.63, 3.8) is 0 Å². The van der Waals surface area contributed by atoms with E-state index in [0.717, 1.165) is 20.8 Å². The number of para-hydroxylation sites is 1. The molecule has 2 aromatic rings. The van der Waals surface area contributed by atoms with Gasteiger partial charge in [-0.1, -0.05) is 18.2 Å². The Balaban J connectivity index is 2.78. The molecular weight excluding hydrogens is 305 g/mol. The van der Waals surface area contributed by atoms with Crippen molar-refractivity contribution in [2.24, 2.45) is 0 Å². The van der Waals surface area contributed by atoms with Crippen LogP contribution in [-0.2, 0) is 11.5 Å². The number of carbonyl (C=O) groups excluding carboxylic acids is 1. The molecule has 0 saturated carbocycles. The highest BCUT2D eigenvalue weighted by Crippen LogP contribution is 2.26. The van der Waals surface area contributed by atoms with E-state index >= 15 is 0 Å². The quantitative estimate of drug-likeness (QED) is 0.644. The molecule has 78 valence electrons. The van der Waals surface area contributed by atoms with Gasteiger partial charge in [0.1, 0.15) is 6.73 Å². The first kappa shape index (κ1) is 10.6. The molecule has 3 nitrogen and oxygen atoms in total. The number of aromatic nitrogens is 1. The van der Waals surface area contributed by atoms with Crippen molar-refractivity contribution in [3.8, 4) is 0 Å². The first-order valence-electron chi connectivity index (χ1n) is 4.50. The van der Waals surface area contributed by atoms with Crippen molar-refractivity contribution in [1.82, 2.24) is 4.57 Å². The SMILES string of the molecule is COCn1c(C=O)c(I)c2ccccc21. The molecule has 0 saturated heterocycles. The van der Waals surface area contributed by atoms with Gasteiger partial charge < -0.3 is 9.30 Å². The number of rotatable bonds is 3. The number of hydrogen-bond donors (Lipinski definition) is 0. The topological polar surface area (TPSA) is 31.2 Å². The largest absolute Gasteiger partial charge is 0.364 e. The van der Waals surface area contributed by atoms with Crippen molar-refractivity contribution >= 4 is 39.8 Å². The zero-order valence-electron chi connectivity index (χ0n) is 8.24. The van der Waals surface area contributed by atoms with Crippen molar-refractivity contribution in [2.75, 3.05) is 7.11 Å². The molecule has 0 aliphatic rings. The fourth-order valence-electron chi connectivity index (χ4n) is 1.66. The van der Waals surface area contributed by atoms with Crippen molar-refractivity contribution < 1.29 is 9.53 Å². The van der Waals surface area contributed by atoms with Gasteiger partial charge in [0.15, 0.2) is 6.29 Å². The van der Waals surface area contributed by atoms with E-state index in [4.69, 9.17) is 4.74 Å². The second kappa shape index (κ2) is 4.32. The number of benzene rings is 1. The van der Waals surface area contributed by atoms with Crippen LogP contribution in [0.15, 0.2) is 24.3 Å². The van der Waals surface area contributed by atoms with Crippen LogP contribution in [0.1, 0.15) is 10.5 Å². The van der Waals surface area contributed by atoms with Crippen molar-refractivity contribution in [2.45, 2.75) is 6.73 Å². The van der Waals surface area contributed by atoms with E-state index in [1.54, 1.807) is 7.11 Å². The summed E-state index contributed by atoms with van der Waals surface area (Å²) < 4.78 is 7.95. The third-order valence-corrected chi connectivity index (χ3v) is 3.45. The summed E-state index contributed by atoms with van der Waals surface area (Å²) in [4.78, 5) is 11.0.